The Labute approximate surface area is 92.3 Å². The molecule has 0 atom stereocenters. The molecule has 68 valence electrons. The molecule has 0 aromatic heterocycles. The van der Waals surface area contributed by atoms with Gasteiger partial charge >= 0.3 is 92.3 Å². The van der Waals surface area contributed by atoms with Crippen LogP contribution in [-0.2, 0) is 0 Å². The van der Waals surface area contributed by atoms with Gasteiger partial charge in [0.2, 0.25) is 0 Å². The van der Waals surface area contributed by atoms with Crippen molar-refractivity contribution in [2.45, 2.75) is 6.42 Å². The molecule has 1 aromatic rings. The normalized spacial score (nSPS) is 18.0. The standard InChI is InChI=1S/C12H10SeSi/c1-3-7-11-9(5-1)13-10-6-2-4-8-12(10)14-11/h1-7,14H,8H2. The zero-order valence-corrected chi connectivity index (χ0v) is 10.6. The van der Waals surface area contributed by atoms with Gasteiger partial charge in [-0.2, -0.15) is 0 Å². The summed E-state index contributed by atoms with van der Waals surface area (Å²) in [6.45, 7) is 0. The third-order valence-corrected chi connectivity index (χ3v) is 7.69. The number of benzene rings is 1. The van der Waals surface area contributed by atoms with E-state index in [4.69, 9.17) is 0 Å². The van der Waals surface area contributed by atoms with Crippen molar-refractivity contribution >= 4 is 38.9 Å². The van der Waals surface area contributed by atoms with Crippen molar-refractivity contribution in [3.63, 3.8) is 0 Å². The molecule has 0 amide bonds. The van der Waals surface area contributed by atoms with E-state index < -0.39 is 0 Å². The van der Waals surface area contributed by atoms with E-state index in [0.29, 0.717) is 24.1 Å². The van der Waals surface area contributed by atoms with Gasteiger partial charge in [0.1, 0.15) is 0 Å². The molecule has 0 N–H and O–H groups in total. The third-order valence-electron chi connectivity index (χ3n) is 2.51. The Balaban J connectivity index is 2.15. The van der Waals surface area contributed by atoms with Gasteiger partial charge < -0.3 is 0 Å². The van der Waals surface area contributed by atoms with Crippen LogP contribution in [-0.4, -0.2) is 29.3 Å². The quantitative estimate of drug-likeness (QED) is 0.581. The van der Waals surface area contributed by atoms with Crippen molar-refractivity contribution in [2.75, 3.05) is 0 Å². The summed E-state index contributed by atoms with van der Waals surface area (Å²) in [7, 11) is 0.396. The third kappa shape index (κ3) is 1.40. The summed E-state index contributed by atoms with van der Waals surface area (Å²) >= 11 is 0.571. The summed E-state index contributed by atoms with van der Waals surface area (Å²) in [6, 6.07) is 8.97. The average Bonchev–Trinajstić information content (AvgIpc) is 2.26. The molecule has 0 radical (unpaired) electrons. The first-order valence-electron chi connectivity index (χ1n) is 4.78. The first kappa shape index (κ1) is 8.60. The second-order valence-electron chi connectivity index (χ2n) is 3.47. The van der Waals surface area contributed by atoms with E-state index in [-0.39, 0.29) is 0 Å². The molecule has 0 nitrogen and oxygen atoms in total. The Morgan fingerprint density at radius 2 is 2.14 bits per heavy atom. The van der Waals surface area contributed by atoms with Gasteiger partial charge in [0.05, 0.1) is 0 Å². The molecular weight excluding hydrogens is 251 g/mol. The van der Waals surface area contributed by atoms with Crippen molar-refractivity contribution in [2.24, 2.45) is 0 Å². The summed E-state index contributed by atoms with van der Waals surface area (Å²) in [5, 5.41) is 3.36. The number of hydrogen-bond acceptors (Lipinski definition) is 0. The Morgan fingerprint density at radius 3 is 3.14 bits per heavy atom. The van der Waals surface area contributed by atoms with Crippen molar-refractivity contribution in [3.05, 3.63) is 47.0 Å². The topological polar surface area (TPSA) is 0 Å². The Hall–Kier alpha value is -0.694. The van der Waals surface area contributed by atoms with Gasteiger partial charge in [-0.25, -0.2) is 0 Å². The van der Waals surface area contributed by atoms with Crippen LogP contribution in [0.15, 0.2) is 47.0 Å². The van der Waals surface area contributed by atoms with Crippen LogP contribution in [0.5, 0.6) is 0 Å². The molecule has 14 heavy (non-hydrogen) atoms. The van der Waals surface area contributed by atoms with E-state index in [1.54, 1.807) is 19.3 Å². The van der Waals surface area contributed by atoms with Crippen LogP contribution in [0.4, 0.5) is 0 Å². The summed E-state index contributed by atoms with van der Waals surface area (Å²) in [6.07, 6.45) is 8.03. The predicted molar refractivity (Wildman–Crippen MR) is 65.5 cm³/mol. The predicted octanol–water partition coefficient (Wildman–Crippen LogP) is 0.108. The van der Waals surface area contributed by atoms with Gasteiger partial charge in [-0.15, -0.1) is 0 Å². The Bertz CT molecular complexity index is 469. The summed E-state index contributed by atoms with van der Waals surface area (Å²) in [5.74, 6) is 0. The van der Waals surface area contributed by atoms with E-state index in [0.717, 1.165) is 0 Å². The fraction of sp³-hybridized carbons (Fsp3) is 0.0833. The number of fused-ring (bicyclic) bond motifs is 2. The Morgan fingerprint density at radius 1 is 1.21 bits per heavy atom. The monoisotopic (exact) mass is 262 g/mol. The van der Waals surface area contributed by atoms with Gasteiger partial charge in [0.25, 0.3) is 0 Å². The van der Waals surface area contributed by atoms with Crippen molar-refractivity contribution in [1.82, 2.24) is 0 Å². The molecule has 0 bridgehead atoms. The second-order valence-corrected chi connectivity index (χ2v) is 7.35. The molecule has 0 fully saturated rings. The first-order chi connectivity index (χ1) is 6.93. The van der Waals surface area contributed by atoms with Gasteiger partial charge in [0.15, 0.2) is 0 Å². The molecular formula is C12H10SeSi. The molecule has 2 heteroatoms. The van der Waals surface area contributed by atoms with Crippen LogP contribution in [0.25, 0.3) is 0 Å². The second kappa shape index (κ2) is 3.47. The van der Waals surface area contributed by atoms with E-state index in [2.05, 4.69) is 42.5 Å². The molecule has 0 saturated heterocycles. The SMILES string of the molecule is C1=CCC2=[SiH]c3ccccc3[Se]C2=C1. The van der Waals surface area contributed by atoms with Crippen molar-refractivity contribution in [1.29, 1.82) is 0 Å². The minimum absolute atomic E-state index is 0.396. The van der Waals surface area contributed by atoms with Crippen LogP contribution in [0.1, 0.15) is 6.42 Å². The number of hydrogen-bond donors (Lipinski definition) is 0. The fourth-order valence-electron chi connectivity index (χ4n) is 1.79. The van der Waals surface area contributed by atoms with E-state index in [1.807, 2.05) is 0 Å². The molecule has 2 aliphatic rings. The first-order valence-corrected chi connectivity index (χ1v) is 7.65. The average molecular weight is 261 g/mol. The van der Waals surface area contributed by atoms with Gasteiger partial charge in [-0.05, 0) is 0 Å². The minimum atomic E-state index is 0.396. The molecule has 1 heterocycles. The molecule has 0 unspecified atom stereocenters. The van der Waals surface area contributed by atoms with Crippen LogP contribution in [0, 0.1) is 0 Å². The van der Waals surface area contributed by atoms with Crippen LogP contribution < -0.4 is 9.65 Å². The van der Waals surface area contributed by atoms with Crippen LogP contribution in [0.2, 0.25) is 0 Å². The fourth-order valence-corrected chi connectivity index (χ4v) is 6.41. The van der Waals surface area contributed by atoms with Gasteiger partial charge in [0, 0.05) is 0 Å². The molecule has 1 aliphatic heterocycles. The van der Waals surface area contributed by atoms with Crippen molar-refractivity contribution < 1.29 is 0 Å². The van der Waals surface area contributed by atoms with Crippen LogP contribution in [0.3, 0.4) is 0 Å². The van der Waals surface area contributed by atoms with Gasteiger partial charge in [-0.3, -0.25) is 0 Å². The van der Waals surface area contributed by atoms with E-state index in [9.17, 15) is 0 Å². The summed E-state index contributed by atoms with van der Waals surface area (Å²) in [5.41, 5.74) is 0. The van der Waals surface area contributed by atoms with Crippen molar-refractivity contribution in [3.8, 4) is 0 Å². The number of allylic oxidation sites excluding steroid dienone is 4. The number of rotatable bonds is 0. The van der Waals surface area contributed by atoms with Crippen LogP contribution >= 0.6 is 0 Å². The molecule has 3 rings (SSSR count). The zero-order chi connectivity index (χ0) is 9.38. The maximum atomic E-state index is 2.32. The summed E-state index contributed by atoms with van der Waals surface area (Å²) in [4.78, 5) is 0. The van der Waals surface area contributed by atoms with Gasteiger partial charge in [-0.1, -0.05) is 0 Å². The maximum absolute atomic E-state index is 2.32. The Kier molecular flexibility index (Phi) is 2.13. The summed E-state index contributed by atoms with van der Waals surface area (Å²) < 4.78 is 3.26. The molecule has 1 aliphatic carbocycles. The van der Waals surface area contributed by atoms with E-state index in [1.165, 1.54) is 6.42 Å². The molecule has 0 spiro atoms. The van der Waals surface area contributed by atoms with E-state index >= 15 is 0 Å². The zero-order valence-electron chi connectivity index (χ0n) is 7.73. The molecule has 1 aromatic carbocycles. The molecule has 0 saturated carbocycles.